The molecule has 0 saturated carbocycles. The van der Waals surface area contributed by atoms with Crippen LogP contribution in [0.2, 0.25) is 0 Å². The molecule has 0 radical (unpaired) electrons. The average molecular weight is 205 g/mol. The van der Waals surface area contributed by atoms with Crippen molar-refractivity contribution in [3.05, 3.63) is 0 Å². The summed E-state index contributed by atoms with van der Waals surface area (Å²) in [6.07, 6.45) is -0.970. The average Bonchev–Trinajstić information content (AvgIpc) is 1.85. The fraction of sp³-hybridized carbons (Fsp3) is 0.875. The summed E-state index contributed by atoms with van der Waals surface area (Å²) in [5, 5.41) is 8.81. The Morgan fingerprint density at radius 1 is 1.58 bits per heavy atom. The van der Waals surface area contributed by atoms with Gasteiger partial charge in [-0.25, -0.2) is 0 Å². The lowest BCUT2D eigenvalue weighted by Gasteiger charge is -2.23. The normalized spacial score (nSPS) is 18.3. The molecule has 12 heavy (non-hydrogen) atoms. The van der Waals surface area contributed by atoms with Gasteiger partial charge in [0.05, 0.1) is 24.1 Å². The molecular weight excluding hydrogens is 189 g/mol. The minimum atomic E-state index is -1.89. The summed E-state index contributed by atoms with van der Waals surface area (Å²) in [7, 11) is 0. The van der Waals surface area contributed by atoms with Gasteiger partial charge in [0.1, 0.15) is 0 Å². The molecule has 0 N–H and O–H groups in total. The zero-order valence-electron chi connectivity index (χ0n) is 8.07. The molecule has 0 rings (SSSR count). The van der Waals surface area contributed by atoms with Crippen LogP contribution in [0.25, 0.3) is 0 Å². The molecule has 0 aromatic carbocycles. The molecule has 0 aromatic rings. The Balaban J connectivity index is 4.39. The molecule has 0 aromatic heterocycles. The second-order valence-corrected chi connectivity index (χ2v) is 7.94. The number of hydrogen-bond donors (Lipinski definition) is 0. The van der Waals surface area contributed by atoms with Crippen molar-refractivity contribution in [2.24, 2.45) is 0 Å². The van der Waals surface area contributed by atoms with Crippen LogP contribution < -0.4 is 0 Å². The standard InChI is InChI=1S/C8H16NOPS/c1-5-8(6-9)11(4,12)10-7(2)3/h7-8H,5H2,1-4H3. The minimum Gasteiger partial charge on any atom is -0.347 e. The first kappa shape index (κ1) is 12.1. The second-order valence-electron chi connectivity index (χ2n) is 3.12. The Kier molecular flexibility index (Phi) is 5.01. The van der Waals surface area contributed by atoms with E-state index < -0.39 is 6.26 Å². The van der Waals surface area contributed by atoms with Crippen molar-refractivity contribution in [1.82, 2.24) is 0 Å². The summed E-state index contributed by atoms with van der Waals surface area (Å²) < 4.78 is 5.59. The highest BCUT2D eigenvalue weighted by Crippen LogP contribution is 2.50. The maximum absolute atomic E-state index is 8.81. The molecule has 2 nitrogen and oxygen atoms in total. The van der Waals surface area contributed by atoms with Crippen molar-refractivity contribution in [1.29, 1.82) is 5.26 Å². The summed E-state index contributed by atoms with van der Waals surface area (Å²) in [4.78, 5) is 0. The zero-order chi connectivity index (χ0) is 9.78. The van der Waals surface area contributed by atoms with E-state index >= 15 is 0 Å². The highest BCUT2D eigenvalue weighted by Gasteiger charge is 2.23. The third kappa shape index (κ3) is 3.67. The summed E-state index contributed by atoms with van der Waals surface area (Å²) in [5.41, 5.74) is -0.0881. The first-order chi connectivity index (χ1) is 5.44. The molecule has 0 spiro atoms. The Hall–Kier alpha value is 0.100. The van der Waals surface area contributed by atoms with Gasteiger partial charge in [-0.2, -0.15) is 5.26 Å². The molecule has 0 fully saturated rings. The lowest BCUT2D eigenvalue weighted by molar-refractivity contribution is 0.269. The van der Waals surface area contributed by atoms with E-state index in [2.05, 4.69) is 6.07 Å². The Morgan fingerprint density at radius 2 is 2.08 bits per heavy atom. The SMILES string of the molecule is CCC(C#N)P(C)(=S)OC(C)C. The first-order valence-corrected chi connectivity index (χ1v) is 7.33. The molecule has 0 amide bonds. The van der Waals surface area contributed by atoms with Gasteiger partial charge in [0.25, 0.3) is 0 Å². The van der Waals surface area contributed by atoms with Crippen LogP contribution in [0.3, 0.4) is 0 Å². The molecule has 4 heteroatoms. The van der Waals surface area contributed by atoms with E-state index in [1.165, 1.54) is 0 Å². The van der Waals surface area contributed by atoms with Crippen LogP contribution in [0.5, 0.6) is 0 Å². The van der Waals surface area contributed by atoms with E-state index in [4.69, 9.17) is 21.6 Å². The summed E-state index contributed by atoms with van der Waals surface area (Å²) in [5.74, 6) is 0. The van der Waals surface area contributed by atoms with Crippen LogP contribution in [0.4, 0.5) is 0 Å². The van der Waals surface area contributed by atoms with Gasteiger partial charge in [0.15, 0.2) is 0 Å². The predicted octanol–water partition coefficient (Wildman–Crippen LogP) is 2.74. The molecule has 0 heterocycles. The van der Waals surface area contributed by atoms with Gasteiger partial charge >= 0.3 is 0 Å². The molecular formula is C8H16NOPS. The monoisotopic (exact) mass is 205 g/mol. The molecule has 70 valence electrons. The highest BCUT2D eigenvalue weighted by atomic mass is 32.4. The van der Waals surface area contributed by atoms with Crippen molar-refractivity contribution >= 4 is 18.1 Å². The van der Waals surface area contributed by atoms with Gasteiger partial charge in [0, 0.05) is 0 Å². The first-order valence-electron chi connectivity index (χ1n) is 4.09. The van der Waals surface area contributed by atoms with Crippen molar-refractivity contribution in [2.45, 2.75) is 39.0 Å². The highest BCUT2D eigenvalue weighted by molar-refractivity contribution is 8.12. The van der Waals surface area contributed by atoms with Gasteiger partial charge in [0.2, 0.25) is 0 Å². The van der Waals surface area contributed by atoms with Crippen molar-refractivity contribution < 1.29 is 4.52 Å². The van der Waals surface area contributed by atoms with Crippen molar-refractivity contribution in [2.75, 3.05) is 6.66 Å². The van der Waals surface area contributed by atoms with Gasteiger partial charge in [-0.05, 0) is 26.9 Å². The largest absolute Gasteiger partial charge is 0.347 e. The molecule has 0 saturated heterocycles. The number of nitriles is 1. The van der Waals surface area contributed by atoms with Crippen LogP contribution in [-0.2, 0) is 16.3 Å². The van der Waals surface area contributed by atoms with E-state index in [0.717, 1.165) is 6.42 Å². The van der Waals surface area contributed by atoms with Crippen LogP contribution in [0.15, 0.2) is 0 Å². The summed E-state index contributed by atoms with van der Waals surface area (Å²) in [6, 6.07) is 2.22. The van der Waals surface area contributed by atoms with E-state index in [0.29, 0.717) is 0 Å². The van der Waals surface area contributed by atoms with E-state index in [1.807, 2.05) is 27.4 Å². The van der Waals surface area contributed by atoms with Gasteiger partial charge < -0.3 is 4.52 Å². The fourth-order valence-electron chi connectivity index (χ4n) is 1.02. The van der Waals surface area contributed by atoms with Gasteiger partial charge in [-0.3, -0.25) is 0 Å². The van der Waals surface area contributed by atoms with Crippen LogP contribution in [0.1, 0.15) is 27.2 Å². The number of nitrogens with zero attached hydrogens (tertiary/aromatic N) is 1. The topological polar surface area (TPSA) is 33.0 Å². The van der Waals surface area contributed by atoms with E-state index in [9.17, 15) is 0 Å². The fourth-order valence-corrected chi connectivity index (χ4v) is 3.98. The van der Waals surface area contributed by atoms with Crippen LogP contribution in [-0.4, -0.2) is 18.4 Å². The van der Waals surface area contributed by atoms with Crippen molar-refractivity contribution in [3.63, 3.8) is 0 Å². The quantitative estimate of drug-likeness (QED) is 0.661. The molecule has 2 unspecified atom stereocenters. The minimum absolute atomic E-state index is 0.0881. The Labute approximate surface area is 80.0 Å². The van der Waals surface area contributed by atoms with Gasteiger partial charge in [-0.15, -0.1) is 0 Å². The predicted molar refractivity (Wildman–Crippen MR) is 56.1 cm³/mol. The number of hydrogen-bond acceptors (Lipinski definition) is 3. The lowest BCUT2D eigenvalue weighted by atomic mass is 10.4. The number of rotatable bonds is 4. The lowest BCUT2D eigenvalue weighted by Crippen LogP contribution is -2.10. The Morgan fingerprint density at radius 3 is 2.33 bits per heavy atom. The summed E-state index contributed by atoms with van der Waals surface area (Å²) in [6.45, 7) is 7.78. The summed E-state index contributed by atoms with van der Waals surface area (Å²) >= 11 is 5.31. The zero-order valence-corrected chi connectivity index (χ0v) is 9.78. The molecule has 0 aliphatic carbocycles. The van der Waals surface area contributed by atoms with Crippen molar-refractivity contribution in [3.8, 4) is 6.07 Å². The molecule has 0 bridgehead atoms. The smallest absolute Gasteiger partial charge is 0.0971 e. The molecule has 0 aliphatic heterocycles. The van der Waals surface area contributed by atoms with Crippen LogP contribution in [0, 0.1) is 11.3 Å². The third-order valence-corrected chi connectivity index (χ3v) is 5.00. The van der Waals surface area contributed by atoms with Crippen LogP contribution >= 0.6 is 6.26 Å². The second kappa shape index (κ2) is 4.97. The maximum atomic E-state index is 8.81. The molecule has 2 atom stereocenters. The molecule has 0 aliphatic rings. The Bertz CT molecular complexity index is 222. The van der Waals surface area contributed by atoms with Gasteiger partial charge in [-0.1, -0.05) is 18.7 Å². The van der Waals surface area contributed by atoms with E-state index in [1.54, 1.807) is 0 Å². The van der Waals surface area contributed by atoms with E-state index in [-0.39, 0.29) is 11.8 Å². The maximum Gasteiger partial charge on any atom is 0.0971 e. The third-order valence-electron chi connectivity index (χ3n) is 1.52.